The Kier molecular flexibility index (Phi) is 6.24. The number of rotatable bonds is 6. The lowest BCUT2D eigenvalue weighted by atomic mass is 10.1. The lowest BCUT2D eigenvalue weighted by Crippen LogP contribution is -2.36. The minimum Gasteiger partial charge on any atom is -0.395 e. The third-order valence-corrected chi connectivity index (χ3v) is 2.45. The topological polar surface area (TPSA) is 64.6 Å². The molecule has 0 bridgehead atoms. The molecule has 1 rings (SSSR count). The fraction of sp³-hybridized carbons (Fsp3) is 0.462. The van der Waals surface area contributed by atoms with Crippen molar-refractivity contribution in [3.05, 3.63) is 35.1 Å². The van der Waals surface area contributed by atoms with Gasteiger partial charge in [0, 0.05) is 25.2 Å². The van der Waals surface area contributed by atoms with E-state index in [1.54, 1.807) is 12.1 Å². The number of urea groups is 1. The number of aliphatic hydroxyl groups is 1. The van der Waals surface area contributed by atoms with Gasteiger partial charge in [0.15, 0.2) is 0 Å². The van der Waals surface area contributed by atoms with Crippen molar-refractivity contribution in [1.82, 2.24) is 15.5 Å². The Morgan fingerprint density at radius 3 is 2.74 bits per heavy atom. The van der Waals surface area contributed by atoms with Crippen molar-refractivity contribution in [2.24, 2.45) is 0 Å². The Hall–Kier alpha value is -1.66. The summed E-state index contributed by atoms with van der Waals surface area (Å²) >= 11 is 0. The van der Waals surface area contributed by atoms with Crippen molar-refractivity contribution >= 4 is 6.03 Å². The zero-order valence-corrected chi connectivity index (χ0v) is 11.2. The summed E-state index contributed by atoms with van der Waals surface area (Å²) in [5, 5.41) is 13.7. The molecule has 0 aliphatic rings. The number of amides is 2. The fourth-order valence-electron chi connectivity index (χ4n) is 1.61. The Bertz CT molecular complexity index is 424. The second-order valence-corrected chi connectivity index (χ2v) is 4.50. The van der Waals surface area contributed by atoms with E-state index in [1.807, 2.05) is 19.0 Å². The summed E-state index contributed by atoms with van der Waals surface area (Å²) in [5.74, 6) is -0.248. The highest BCUT2D eigenvalue weighted by molar-refractivity contribution is 5.73. The summed E-state index contributed by atoms with van der Waals surface area (Å²) in [7, 11) is 3.74. The summed E-state index contributed by atoms with van der Waals surface area (Å²) in [4.78, 5) is 13.2. The molecule has 0 fully saturated rings. The van der Waals surface area contributed by atoms with Crippen LogP contribution in [0.2, 0.25) is 0 Å². The summed E-state index contributed by atoms with van der Waals surface area (Å²) < 4.78 is 13.5. The van der Waals surface area contributed by atoms with Crippen molar-refractivity contribution in [1.29, 1.82) is 0 Å². The quantitative estimate of drug-likeness (QED) is 0.711. The molecule has 6 heteroatoms. The van der Waals surface area contributed by atoms with E-state index >= 15 is 0 Å². The van der Waals surface area contributed by atoms with Gasteiger partial charge in [-0.1, -0.05) is 6.07 Å². The van der Waals surface area contributed by atoms with E-state index in [-0.39, 0.29) is 25.0 Å². The smallest absolute Gasteiger partial charge is 0.315 e. The van der Waals surface area contributed by atoms with Gasteiger partial charge in [-0.15, -0.1) is 0 Å². The van der Waals surface area contributed by atoms with E-state index in [9.17, 15) is 9.18 Å². The van der Waals surface area contributed by atoms with Crippen molar-refractivity contribution in [3.63, 3.8) is 0 Å². The highest BCUT2D eigenvalue weighted by Gasteiger charge is 2.06. The molecule has 2 amide bonds. The van der Waals surface area contributed by atoms with Gasteiger partial charge >= 0.3 is 6.03 Å². The van der Waals surface area contributed by atoms with Crippen LogP contribution in [0.25, 0.3) is 0 Å². The number of carbonyl (C=O) groups is 1. The van der Waals surface area contributed by atoms with Crippen molar-refractivity contribution in [2.45, 2.75) is 13.1 Å². The molecule has 0 heterocycles. The van der Waals surface area contributed by atoms with E-state index in [1.165, 1.54) is 6.07 Å². The molecule has 19 heavy (non-hydrogen) atoms. The van der Waals surface area contributed by atoms with E-state index in [2.05, 4.69) is 10.6 Å². The van der Waals surface area contributed by atoms with Gasteiger partial charge in [0.2, 0.25) is 0 Å². The maximum absolute atomic E-state index is 13.5. The number of carbonyl (C=O) groups excluding carboxylic acids is 1. The average Bonchev–Trinajstić information content (AvgIpc) is 2.36. The van der Waals surface area contributed by atoms with Crippen LogP contribution in [0.3, 0.4) is 0 Å². The van der Waals surface area contributed by atoms with Crippen molar-refractivity contribution in [2.75, 3.05) is 27.2 Å². The predicted octanol–water partition coefficient (Wildman–Crippen LogP) is 0.679. The minimum atomic E-state index is -0.354. The summed E-state index contributed by atoms with van der Waals surface area (Å²) in [6.07, 6.45) is 0. The first kappa shape index (κ1) is 15.4. The number of aliphatic hydroxyl groups excluding tert-OH is 1. The minimum absolute atomic E-state index is 0.100. The third kappa shape index (κ3) is 5.67. The average molecular weight is 269 g/mol. The first-order valence-electron chi connectivity index (χ1n) is 6.07. The third-order valence-electron chi connectivity index (χ3n) is 2.45. The van der Waals surface area contributed by atoms with Crippen LogP contribution in [0.1, 0.15) is 11.1 Å². The Morgan fingerprint density at radius 1 is 1.37 bits per heavy atom. The molecule has 1 aromatic rings. The number of halogens is 1. The van der Waals surface area contributed by atoms with Gasteiger partial charge in [0.05, 0.1) is 6.61 Å². The Morgan fingerprint density at radius 2 is 2.11 bits per heavy atom. The molecule has 0 unspecified atom stereocenters. The van der Waals surface area contributed by atoms with Crippen LogP contribution in [0.15, 0.2) is 18.2 Å². The lowest BCUT2D eigenvalue weighted by Gasteiger charge is -2.12. The van der Waals surface area contributed by atoms with Crippen LogP contribution >= 0.6 is 0 Å². The van der Waals surface area contributed by atoms with Crippen LogP contribution in [0.4, 0.5) is 9.18 Å². The van der Waals surface area contributed by atoms with Crippen LogP contribution < -0.4 is 10.6 Å². The first-order valence-corrected chi connectivity index (χ1v) is 6.07. The Labute approximate surface area is 112 Å². The highest BCUT2D eigenvalue weighted by Crippen LogP contribution is 2.12. The zero-order chi connectivity index (χ0) is 14.3. The van der Waals surface area contributed by atoms with Crippen LogP contribution in [-0.4, -0.2) is 43.3 Å². The number of hydrogen-bond acceptors (Lipinski definition) is 3. The van der Waals surface area contributed by atoms with Gasteiger partial charge in [-0.2, -0.15) is 0 Å². The molecule has 0 aliphatic carbocycles. The van der Waals surface area contributed by atoms with Crippen molar-refractivity contribution < 1.29 is 14.3 Å². The number of nitrogens with one attached hydrogen (secondary N) is 2. The largest absolute Gasteiger partial charge is 0.395 e. The zero-order valence-electron chi connectivity index (χ0n) is 11.2. The first-order chi connectivity index (χ1) is 9.02. The highest BCUT2D eigenvalue weighted by atomic mass is 19.1. The van der Waals surface area contributed by atoms with Crippen LogP contribution in [-0.2, 0) is 13.1 Å². The molecule has 0 radical (unpaired) electrons. The van der Waals surface area contributed by atoms with Crippen molar-refractivity contribution in [3.8, 4) is 0 Å². The number of benzene rings is 1. The molecule has 0 spiro atoms. The van der Waals surface area contributed by atoms with Gasteiger partial charge in [-0.25, -0.2) is 9.18 Å². The molecule has 3 N–H and O–H groups in total. The molecule has 0 aliphatic heterocycles. The molecule has 5 nitrogen and oxygen atoms in total. The maximum atomic E-state index is 13.5. The molecule has 0 saturated heterocycles. The normalized spacial score (nSPS) is 10.6. The van der Waals surface area contributed by atoms with Gasteiger partial charge in [0.25, 0.3) is 0 Å². The van der Waals surface area contributed by atoms with E-state index < -0.39 is 0 Å². The molecule has 0 saturated carbocycles. The monoisotopic (exact) mass is 269 g/mol. The van der Waals surface area contributed by atoms with Crippen LogP contribution in [0, 0.1) is 5.82 Å². The number of hydrogen-bond donors (Lipinski definition) is 3. The van der Waals surface area contributed by atoms with E-state index in [4.69, 9.17) is 5.11 Å². The maximum Gasteiger partial charge on any atom is 0.315 e. The fourth-order valence-corrected chi connectivity index (χ4v) is 1.61. The molecule has 1 aromatic carbocycles. The second kappa shape index (κ2) is 7.70. The van der Waals surface area contributed by atoms with E-state index in [0.717, 1.165) is 5.56 Å². The van der Waals surface area contributed by atoms with Gasteiger partial charge in [-0.05, 0) is 31.8 Å². The second-order valence-electron chi connectivity index (χ2n) is 4.50. The molecule has 0 atom stereocenters. The lowest BCUT2D eigenvalue weighted by molar-refractivity contribution is 0.234. The standard InChI is InChI=1S/C13H20FN3O2/c1-17(2)9-11-7-10(3-4-12(11)14)8-16-13(19)15-5-6-18/h3-4,7,18H,5-6,8-9H2,1-2H3,(H2,15,16,19). The molecule has 106 valence electrons. The molecule has 0 aromatic heterocycles. The van der Waals surface area contributed by atoms with Gasteiger partial charge in [-0.3, -0.25) is 0 Å². The predicted molar refractivity (Wildman–Crippen MR) is 71.1 cm³/mol. The summed E-state index contributed by atoms with van der Waals surface area (Å²) in [6.45, 7) is 0.937. The van der Waals surface area contributed by atoms with Gasteiger partial charge in [0.1, 0.15) is 5.82 Å². The van der Waals surface area contributed by atoms with Gasteiger partial charge < -0.3 is 20.6 Å². The number of nitrogens with zero attached hydrogens (tertiary/aromatic N) is 1. The molecular weight excluding hydrogens is 249 g/mol. The Balaban J connectivity index is 2.56. The van der Waals surface area contributed by atoms with Crippen LogP contribution in [0.5, 0.6) is 0 Å². The summed E-state index contributed by atoms with van der Waals surface area (Å²) in [6, 6.07) is 4.43. The van der Waals surface area contributed by atoms with E-state index in [0.29, 0.717) is 18.7 Å². The molecular formula is C13H20FN3O2. The SMILES string of the molecule is CN(C)Cc1cc(CNC(=O)NCCO)ccc1F. The summed E-state index contributed by atoms with van der Waals surface area (Å²) in [5.41, 5.74) is 1.43.